The van der Waals surface area contributed by atoms with E-state index in [0.717, 1.165) is 63.8 Å². The number of aryl methyl sites for hydroxylation is 1. The van der Waals surface area contributed by atoms with Crippen LogP contribution in [0.1, 0.15) is 86.9 Å². The molecule has 0 bridgehead atoms. The van der Waals surface area contributed by atoms with Gasteiger partial charge in [0.05, 0.1) is 6.04 Å². The third-order valence-electron chi connectivity index (χ3n) is 6.57. The van der Waals surface area contributed by atoms with Gasteiger partial charge in [-0.15, -0.1) is 0 Å². The Balaban J connectivity index is 1.42. The number of fused-ring (bicyclic) bond motifs is 1. The minimum atomic E-state index is -0.372. The molecule has 1 aromatic carbocycles. The van der Waals surface area contributed by atoms with Crippen molar-refractivity contribution < 1.29 is 14.1 Å². The maximum absolute atomic E-state index is 12.8. The van der Waals surface area contributed by atoms with Gasteiger partial charge in [-0.2, -0.15) is 10.1 Å². The van der Waals surface area contributed by atoms with E-state index in [1.165, 1.54) is 0 Å². The molecule has 1 aliphatic rings. The van der Waals surface area contributed by atoms with Gasteiger partial charge in [-0.05, 0) is 72.3 Å². The number of hydrogen-bond donors (Lipinski definition) is 1. The Labute approximate surface area is 224 Å². The molecule has 0 saturated carbocycles. The number of amides is 1. The van der Waals surface area contributed by atoms with Gasteiger partial charge in [-0.3, -0.25) is 4.79 Å². The second-order valence-corrected chi connectivity index (χ2v) is 11.5. The monoisotopic (exact) mass is 566 g/mol. The van der Waals surface area contributed by atoms with E-state index in [-0.39, 0.29) is 29.4 Å². The number of benzene rings is 1. The van der Waals surface area contributed by atoms with Gasteiger partial charge in [0.15, 0.2) is 11.9 Å². The van der Waals surface area contributed by atoms with Crippen LogP contribution in [-0.4, -0.2) is 37.4 Å². The van der Waals surface area contributed by atoms with Gasteiger partial charge in [-0.1, -0.05) is 38.1 Å². The summed E-state index contributed by atoms with van der Waals surface area (Å²) >= 11 is 3.56. The van der Waals surface area contributed by atoms with Crippen molar-refractivity contribution in [2.24, 2.45) is 0 Å². The number of pyridine rings is 1. The number of carbonyl (C=O) groups is 1. The molecule has 9 nitrogen and oxygen atoms in total. The fourth-order valence-corrected chi connectivity index (χ4v) is 4.93. The molecule has 194 valence electrons. The zero-order valence-corrected chi connectivity index (χ0v) is 23.3. The van der Waals surface area contributed by atoms with Gasteiger partial charge in [0.2, 0.25) is 5.89 Å². The average molecular weight is 567 g/mol. The van der Waals surface area contributed by atoms with Gasteiger partial charge >= 0.3 is 0 Å². The van der Waals surface area contributed by atoms with Crippen molar-refractivity contribution in [2.45, 2.75) is 71.6 Å². The first kappa shape index (κ1) is 25.5. The molecule has 4 aromatic rings. The zero-order chi connectivity index (χ0) is 26.3. The molecule has 0 aliphatic carbocycles. The molecule has 2 atom stereocenters. The molecule has 37 heavy (non-hydrogen) atoms. The lowest BCUT2D eigenvalue weighted by molar-refractivity contribution is -0.0368. The summed E-state index contributed by atoms with van der Waals surface area (Å²) in [4.78, 5) is 21.7. The molecule has 1 fully saturated rings. The van der Waals surface area contributed by atoms with Crippen LogP contribution in [0.15, 0.2) is 39.5 Å². The largest absolute Gasteiger partial charge is 0.356 e. The Hall–Kier alpha value is -3.11. The fourth-order valence-electron chi connectivity index (χ4n) is 4.60. The highest BCUT2D eigenvalue weighted by Crippen LogP contribution is 2.34. The van der Waals surface area contributed by atoms with E-state index >= 15 is 0 Å². The molecular formula is C27H31BrN6O3. The molecule has 0 spiro atoms. The average Bonchev–Trinajstić information content (AvgIpc) is 3.50. The van der Waals surface area contributed by atoms with Crippen LogP contribution >= 0.6 is 15.9 Å². The molecule has 1 saturated heterocycles. The first-order chi connectivity index (χ1) is 17.6. The third kappa shape index (κ3) is 5.17. The van der Waals surface area contributed by atoms with Crippen LogP contribution in [0.5, 0.6) is 0 Å². The van der Waals surface area contributed by atoms with E-state index in [4.69, 9.17) is 14.4 Å². The van der Waals surface area contributed by atoms with Crippen molar-refractivity contribution in [3.8, 4) is 11.3 Å². The summed E-state index contributed by atoms with van der Waals surface area (Å²) in [5, 5.41) is 12.8. The van der Waals surface area contributed by atoms with Crippen LogP contribution in [0, 0.1) is 6.92 Å². The third-order valence-corrected chi connectivity index (χ3v) is 7.00. The number of nitrogens with one attached hydrogen (secondary N) is 1. The Morgan fingerprint density at radius 3 is 2.73 bits per heavy atom. The van der Waals surface area contributed by atoms with E-state index in [2.05, 4.69) is 42.4 Å². The number of nitrogens with zero attached hydrogens (tertiary/aromatic N) is 5. The number of hydrogen-bond acceptors (Lipinski definition) is 7. The van der Waals surface area contributed by atoms with E-state index < -0.39 is 0 Å². The Morgan fingerprint density at radius 1 is 1.24 bits per heavy atom. The summed E-state index contributed by atoms with van der Waals surface area (Å²) in [7, 11) is 0. The van der Waals surface area contributed by atoms with Gasteiger partial charge in [-0.25, -0.2) is 9.67 Å². The predicted octanol–water partition coefficient (Wildman–Crippen LogP) is 6.04. The first-order valence-corrected chi connectivity index (χ1v) is 13.3. The summed E-state index contributed by atoms with van der Waals surface area (Å²) in [6, 6.07) is 7.95. The van der Waals surface area contributed by atoms with Crippen LogP contribution in [0.4, 0.5) is 0 Å². The molecule has 3 aromatic heterocycles. The molecule has 5 rings (SSSR count). The Kier molecular flexibility index (Phi) is 6.89. The Morgan fingerprint density at radius 2 is 2.05 bits per heavy atom. The molecule has 1 N–H and O–H groups in total. The summed E-state index contributed by atoms with van der Waals surface area (Å²) in [6.07, 6.45) is 4.77. The fraction of sp³-hybridized carbons (Fsp3) is 0.444. The van der Waals surface area contributed by atoms with Crippen LogP contribution in [0.3, 0.4) is 0 Å². The van der Waals surface area contributed by atoms with Crippen molar-refractivity contribution in [1.29, 1.82) is 0 Å². The number of carbonyl (C=O) groups excluding carboxylic acids is 1. The molecule has 1 amide bonds. The molecule has 1 aliphatic heterocycles. The number of rotatable bonds is 5. The lowest BCUT2D eigenvalue weighted by Gasteiger charge is -2.23. The van der Waals surface area contributed by atoms with Crippen LogP contribution < -0.4 is 5.32 Å². The predicted molar refractivity (Wildman–Crippen MR) is 143 cm³/mol. The second kappa shape index (κ2) is 9.98. The summed E-state index contributed by atoms with van der Waals surface area (Å²) in [6.45, 7) is 10.6. The number of ether oxygens (including phenoxy) is 1. The normalized spacial score (nSPS) is 17.2. The van der Waals surface area contributed by atoms with Gasteiger partial charge in [0.25, 0.3) is 11.7 Å². The van der Waals surface area contributed by atoms with Gasteiger partial charge in [0, 0.05) is 33.6 Å². The van der Waals surface area contributed by atoms with Crippen LogP contribution in [0.2, 0.25) is 0 Å². The highest BCUT2D eigenvalue weighted by molar-refractivity contribution is 9.10. The maximum Gasteiger partial charge on any atom is 0.293 e. The van der Waals surface area contributed by atoms with Gasteiger partial charge in [0.1, 0.15) is 5.69 Å². The van der Waals surface area contributed by atoms with Crippen LogP contribution in [0.25, 0.3) is 22.3 Å². The van der Waals surface area contributed by atoms with E-state index in [0.29, 0.717) is 5.89 Å². The quantitative estimate of drug-likeness (QED) is 0.313. The molecule has 2 unspecified atom stereocenters. The van der Waals surface area contributed by atoms with Crippen molar-refractivity contribution in [2.75, 3.05) is 6.61 Å². The van der Waals surface area contributed by atoms with Crippen molar-refractivity contribution in [3.63, 3.8) is 0 Å². The SMILES string of the molecule is Cc1cc(-c2nn(C3CCCCO3)c3ncc(Br)cc23)ccc1C(C)NC(=O)c1noc(C(C)(C)C)n1. The molecular weight excluding hydrogens is 536 g/mol. The maximum atomic E-state index is 12.8. The van der Waals surface area contributed by atoms with Crippen molar-refractivity contribution in [1.82, 2.24) is 30.2 Å². The lowest BCUT2D eigenvalue weighted by Crippen LogP contribution is -2.28. The van der Waals surface area contributed by atoms with Gasteiger partial charge < -0.3 is 14.6 Å². The van der Waals surface area contributed by atoms with Crippen molar-refractivity contribution >= 4 is 32.9 Å². The summed E-state index contributed by atoms with van der Waals surface area (Å²) < 4.78 is 14.1. The van der Waals surface area contributed by atoms with E-state index in [9.17, 15) is 4.79 Å². The molecule has 4 heterocycles. The standard InChI is InChI=1S/C27H31BrN6O3/c1-15-12-17(9-10-19(15)16(2)30-25(35)23-31-26(37-33-23)27(3,4)5)22-20-13-18(28)14-29-24(20)34(32-22)21-8-6-7-11-36-21/h9-10,12-14,16,21H,6-8,11H2,1-5H3,(H,30,35). The Bertz CT molecular complexity index is 1450. The van der Waals surface area contributed by atoms with E-state index in [1.54, 1.807) is 6.20 Å². The number of halogens is 1. The highest BCUT2D eigenvalue weighted by atomic mass is 79.9. The molecule has 10 heteroatoms. The second-order valence-electron chi connectivity index (χ2n) is 10.6. The number of aromatic nitrogens is 5. The van der Waals surface area contributed by atoms with E-state index in [1.807, 2.05) is 57.5 Å². The summed E-state index contributed by atoms with van der Waals surface area (Å²) in [5.41, 5.74) is 4.35. The lowest BCUT2D eigenvalue weighted by atomic mass is 9.97. The van der Waals surface area contributed by atoms with Crippen LogP contribution in [-0.2, 0) is 10.2 Å². The minimum Gasteiger partial charge on any atom is -0.356 e. The minimum absolute atomic E-state index is 0.0334. The van der Waals surface area contributed by atoms with Crippen molar-refractivity contribution in [3.05, 3.63) is 57.8 Å². The molecule has 0 radical (unpaired) electrons. The zero-order valence-electron chi connectivity index (χ0n) is 21.7. The summed E-state index contributed by atoms with van der Waals surface area (Å²) in [5.74, 6) is 0.0895. The topological polar surface area (TPSA) is 108 Å². The first-order valence-electron chi connectivity index (χ1n) is 12.5. The smallest absolute Gasteiger partial charge is 0.293 e. The highest BCUT2D eigenvalue weighted by Gasteiger charge is 2.26.